The fourth-order valence-electron chi connectivity index (χ4n) is 2.60. The van der Waals surface area contributed by atoms with Gasteiger partial charge in [0.25, 0.3) is 0 Å². The molecule has 0 saturated carbocycles. The molecular formula is C15H14BrFN2. The van der Waals surface area contributed by atoms with Gasteiger partial charge in [-0.15, -0.1) is 0 Å². The molecule has 1 aliphatic rings. The van der Waals surface area contributed by atoms with E-state index in [0.29, 0.717) is 5.69 Å². The Hall–Kier alpha value is -1.55. The van der Waals surface area contributed by atoms with Crippen LogP contribution in [0.5, 0.6) is 0 Å². The van der Waals surface area contributed by atoms with Crippen LogP contribution in [0.25, 0.3) is 0 Å². The molecule has 0 amide bonds. The Morgan fingerprint density at radius 1 is 1.26 bits per heavy atom. The number of nitrogens with one attached hydrogen (secondary N) is 1. The van der Waals surface area contributed by atoms with Crippen LogP contribution >= 0.6 is 15.9 Å². The highest BCUT2D eigenvalue weighted by atomic mass is 79.9. The fourth-order valence-corrected chi connectivity index (χ4v) is 3.05. The first kappa shape index (κ1) is 12.5. The van der Waals surface area contributed by atoms with Crippen molar-refractivity contribution in [3.05, 3.63) is 57.8 Å². The van der Waals surface area contributed by atoms with E-state index >= 15 is 0 Å². The van der Waals surface area contributed by atoms with E-state index in [9.17, 15) is 4.39 Å². The molecule has 98 valence electrons. The van der Waals surface area contributed by atoms with Crippen LogP contribution in [-0.4, -0.2) is 0 Å². The average Bonchev–Trinajstić information content (AvgIpc) is 2.76. The highest BCUT2D eigenvalue weighted by Crippen LogP contribution is 2.37. The largest absolute Gasteiger partial charge is 0.399 e. The van der Waals surface area contributed by atoms with E-state index in [1.807, 2.05) is 24.3 Å². The summed E-state index contributed by atoms with van der Waals surface area (Å²) in [6, 6.07) is 11.1. The molecule has 0 fully saturated rings. The summed E-state index contributed by atoms with van der Waals surface area (Å²) in [5, 5.41) is 3.29. The van der Waals surface area contributed by atoms with Crippen molar-refractivity contribution in [1.82, 2.24) is 0 Å². The van der Waals surface area contributed by atoms with Crippen molar-refractivity contribution in [2.24, 2.45) is 0 Å². The third kappa shape index (κ3) is 2.32. The number of nitrogens with two attached hydrogens (primary N) is 1. The molecule has 2 aromatic rings. The van der Waals surface area contributed by atoms with Gasteiger partial charge in [-0.3, -0.25) is 0 Å². The highest BCUT2D eigenvalue weighted by Gasteiger charge is 2.23. The van der Waals surface area contributed by atoms with E-state index in [4.69, 9.17) is 5.73 Å². The predicted molar refractivity (Wildman–Crippen MR) is 79.6 cm³/mol. The zero-order valence-electron chi connectivity index (χ0n) is 10.3. The molecule has 1 aliphatic carbocycles. The fraction of sp³-hybridized carbons (Fsp3) is 0.200. The second-order valence-corrected chi connectivity index (χ2v) is 5.64. The first-order valence-electron chi connectivity index (χ1n) is 6.24. The molecule has 1 unspecified atom stereocenters. The number of fused-ring (bicyclic) bond motifs is 1. The molecular weight excluding hydrogens is 307 g/mol. The summed E-state index contributed by atoms with van der Waals surface area (Å²) in [7, 11) is 0. The van der Waals surface area contributed by atoms with Crippen molar-refractivity contribution in [2.45, 2.75) is 18.9 Å². The number of aryl methyl sites for hydroxylation is 1. The maximum atomic E-state index is 13.8. The number of hydrogen-bond donors (Lipinski definition) is 2. The predicted octanol–water partition coefficient (Wildman–Crippen LogP) is 4.27. The zero-order valence-corrected chi connectivity index (χ0v) is 11.9. The van der Waals surface area contributed by atoms with E-state index in [1.54, 1.807) is 6.07 Å². The Bertz CT molecular complexity index is 607. The summed E-state index contributed by atoms with van der Waals surface area (Å²) in [4.78, 5) is 0. The average molecular weight is 321 g/mol. The third-order valence-corrected chi connectivity index (χ3v) is 4.19. The smallest absolute Gasteiger partial charge is 0.147 e. The Kier molecular flexibility index (Phi) is 3.19. The number of hydrogen-bond acceptors (Lipinski definition) is 2. The van der Waals surface area contributed by atoms with E-state index in [-0.39, 0.29) is 11.9 Å². The Labute approximate surface area is 120 Å². The lowest BCUT2D eigenvalue weighted by molar-refractivity contribution is 0.624. The zero-order chi connectivity index (χ0) is 13.4. The molecule has 3 rings (SSSR count). The number of halogens is 2. The first-order valence-corrected chi connectivity index (χ1v) is 7.03. The number of nitrogen functional groups attached to an aromatic ring is 1. The SMILES string of the molecule is Nc1ccc2c(c1)CCC2Nc1c(F)cccc1Br. The first-order chi connectivity index (χ1) is 9.15. The summed E-state index contributed by atoms with van der Waals surface area (Å²) in [5.41, 5.74) is 9.57. The molecule has 1 atom stereocenters. The summed E-state index contributed by atoms with van der Waals surface area (Å²) in [5.74, 6) is -0.238. The Morgan fingerprint density at radius 2 is 2.11 bits per heavy atom. The van der Waals surface area contributed by atoms with Crippen molar-refractivity contribution >= 4 is 27.3 Å². The van der Waals surface area contributed by atoms with E-state index in [2.05, 4.69) is 21.2 Å². The molecule has 0 aliphatic heterocycles. The van der Waals surface area contributed by atoms with Crippen molar-refractivity contribution < 1.29 is 4.39 Å². The van der Waals surface area contributed by atoms with Gasteiger partial charge in [0.15, 0.2) is 0 Å². The van der Waals surface area contributed by atoms with Gasteiger partial charge in [-0.25, -0.2) is 4.39 Å². The van der Waals surface area contributed by atoms with Gasteiger partial charge in [0.1, 0.15) is 5.82 Å². The van der Waals surface area contributed by atoms with Gasteiger partial charge in [-0.2, -0.15) is 0 Å². The Morgan fingerprint density at radius 3 is 2.89 bits per heavy atom. The molecule has 0 aromatic heterocycles. The molecule has 0 bridgehead atoms. The molecule has 0 heterocycles. The monoisotopic (exact) mass is 320 g/mol. The number of benzene rings is 2. The molecule has 2 nitrogen and oxygen atoms in total. The third-order valence-electron chi connectivity index (χ3n) is 3.53. The maximum Gasteiger partial charge on any atom is 0.147 e. The molecule has 4 heteroatoms. The lowest BCUT2D eigenvalue weighted by Gasteiger charge is -2.17. The van der Waals surface area contributed by atoms with E-state index < -0.39 is 0 Å². The number of anilines is 2. The van der Waals surface area contributed by atoms with Gasteiger partial charge in [-0.1, -0.05) is 12.1 Å². The Balaban J connectivity index is 1.91. The van der Waals surface area contributed by atoms with Crippen LogP contribution in [0.15, 0.2) is 40.9 Å². The van der Waals surface area contributed by atoms with Crippen molar-refractivity contribution in [3.63, 3.8) is 0 Å². The summed E-state index contributed by atoms with van der Waals surface area (Å²) >= 11 is 3.38. The van der Waals surface area contributed by atoms with Crippen LogP contribution in [0.2, 0.25) is 0 Å². The summed E-state index contributed by atoms with van der Waals surface area (Å²) in [6.45, 7) is 0. The van der Waals surface area contributed by atoms with E-state index in [0.717, 1.165) is 23.0 Å². The van der Waals surface area contributed by atoms with Gasteiger partial charge in [0.05, 0.1) is 11.7 Å². The molecule has 3 N–H and O–H groups in total. The quantitative estimate of drug-likeness (QED) is 0.811. The van der Waals surface area contributed by atoms with Crippen LogP contribution < -0.4 is 11.1 Å². The second-order valence-electron chi connectivity index (χ2n) is 4.79. The standard InChI is InChI=1S/C15H14BrFN2/c16-12-2-1-3-13(17)15(12)19-14-7-4-9-8-10(18)5-6-11(9)14/h1-3,5-6,8,14,19H,4,7,18H2. The van der Waals surface area contributed by atoms with Crippen LogP contribution in [0, 0.1) is 5.82 Å². The van der Waals surface area contributed by atoms with Gasteiger partial charge >= 0.3 is 0 Å². The highest BCUT2D eigenvalue weighted by molar-refractivity contribution is 9.10. The molecule has 0 spiro atoms. The van der Waals surface area contributed by atoms with E-state index in [1.165, 1.54) is 17.2 Å². The van der Waals surface area contributed by atoms with Crippen molar-refractivity contribution in [1.29, 1.82) is 0 Å². The topological polar surface area (TPSA) is 38.0 Å². The van der Waals surface area contributed by atoms with Crippen molar-refractivity contribution in [3.8, 4) is 0 Å². The van der Waals surface area contributed by atoms with Crippen LogP contribution in [0.4, 0.5) is 15.8 Å². The van der Waals surface area contributed by atoms with Crippen LogP contribution in [-0.2, 0) is 6.42 Å². The van der Waals surface area contributed by atoms with Crippen molar-refractivity contribution in [2.75, 3.05) is 11.1 Å². The van der Waals surface area contributed by atoms with Gasteiger partial charge in [0, 0.05) is 10.2 Å². The lowest BCUT2D eigenvalue weighted by Crippen LogP contribution is -2.09. The van der Waals surface area contributed by atoms with Gasteiger partial charge < -0.3 is 11.1 Å². The maximum absolute atomic E-state index is 13.8. The van der Waals surface area contributed by atoms with Crippen LogP contribution in [0.1, 0.15) is 23.6 Å². The molecule has 2 aromatic carbocycles. The normalized spacial score (nSPS) is 17.3. The number of para-hydroxylation sites is 1. The lowest BCUT2D eigenvalue weighted by atomic mass is 10.1. The minimum atomic E-state index is -0.238. The molecule has 0 saturated heterocycles. The van der Waals surface area contributed by atoms with Gasteiger partial charge in [0.2, 0.25) is 0 Å². The van der Waals surface area contributed by atoms with Gasteiger partial charge in [-0.05, 0) is 64.2 Å². The minimum Gasteiger partial charge on any atom is -0.399 e. The summed E-state index contributed by atoms with van der Waals surface area (Å²) < 4.78 is 14.6. The number of rotatable bonds is 2. The van der Waals surface area contributed by atoms with Crippen LogP contribution in [0.3, 0.4) is 0 Å². The minimum absolute atomic E-state index is 0.142. The molecule has 0 radical (unpaired) electrons. The molecule has 19 heavy (non-hydrogen) atoms. The second kappa shape index (κ2) is 4.85. The summed E-state index contributed by atoms with van der Waals surface area (Å²) in [6.07, 6.45) is 1.93.